The fourth-order valence-corrected chi connectivity index (χ4v) is 2.77. The Bertz CT molecular complexity index is 595. The van der Waals surface area contributed by atoms with Gasteiger partial charge in [-0.2, -0.15) is 0 Å². The largest absolute Gasteiger partial charge is 0.379 e. The van der Waals surface area contributed by atoms with Gasteiger partial charge in [0.2, 0.25) is 0 Å². The zero-order valence-corrected chi connectivity index (χ0v) is 12.5. The monoisotopic (exact) mass is 296 g/mol. The summed E-state index contributed by atoms with van der Waals surface area (Å²) in [6.45, 7) is 2.07. The molecule has 2 heterocycles. The Hall–Kier alpha value is -2.20. The Morgan fingerprint density at radius 1 is 1.18 bits per heavy atom. The second-order valence-corrected chi connectivity index (χ2v) is 5.49. The number of pyridine rings is 1. The molecule has 1 aliphatic rings. The highest BCUT2D eigenvalue weighted by Gasteiger charge is 2.27. The van der Waals surface area contributed by atoms with Crippen LogP contribution in [0.2, 0.25) is 0 Å². The predicted molar refractivity (Wildman–Crippen MR) is 84.6 cm³/mol. The average Bonchev–Trinajstić information content (AvgIpc) is 3.11. The van der Waals surface area contributed by atoms with E-state index in [9.17, 15) is 4.79 Å². The molecule has 1 aromatic carbocycles. The third-order valence-corrected chi connectivity index (χ3v) is 4.02. The summed E-state index contributed by atoms with van der Waals surface area (Å²) >= 11 is 0. The second-order valence-electron chi connectivity index (χ2n) is 5.49. The van der Waals surface area contributed by atoms with Crippen LogP contribution < -0.4 is 0 Å². The molecule has 2 aromatic rings. The average molecular weight is 296 g/mol. The molecule has 1 aromatic heterocycles. The van der Waals surface area contributed by atoms with Crippen molar-refractivity contribution in [3.05, 3.63) is 66.0 Å². The van der Waals surface area contributed by atoms with Crippen LogP contribution in [0.1, 0.15) is 22.3 Å². The van der Waals surface area contributed by atoms with Gasteiger partial charge < -0.3 is 9.64 Å². The van der Waals surface area contributed by atoms with Gasteiger partial charge in [-0.1, -0.05) is 30.3 Å². The molecule has 0 radical (unpaired) electrons. The zero-order valence-electron chi connectivity index (χ0n) is 12.5. The molecule has 3 rings (SSSR count). The summed E-state index contributed by atoms with van der Waals surface area (Å²) < 4.78 is 5.47. The number of ether oxygens (including phenoxy) is 1. The van der Waals surface area contributed by atoms with Crippen LogP contribution in [0.25, 0.3) is 0 Å². The van der Waals surface area contributed by atoms with Crippen LogP contribution in [0.15, 0.2) is 54.9 Å². The van der Waals surface area contributed by atoms with Crippen molar-refractivity contribution >= 4 is 5.91 Å². The minimum atomic E-state index is 0.0637. The molecule has 0 saturated carbocycles. The first-order chi connectivity index (χ1) is 10.8. The molecule has 1 atom stereocenters. The molecule has 1 amide bonds. The molecule has 0 bridgehead atoms. The van der Waals surface area contributed by atoms with Gasteiger partial charge in [-0.05, 0) is 30.5 Å². The highest BCUT2D eigenvalue weighted by atomic mass is 16.5. The standard InChI is InChI=1S/C18H20N2O2/c21-18(16-6-10-19-11-7-16)20(17-9-13-22-14-17)12-8-15-4-2-1-3-5-15/h1-7,10-11,17H,8-9,12-14H2. The molecule has 4 nitrogen and oxygen atoms in total. The zero-order chi connectivity index (χ0) is 15.2. The summed E-state index contributed by atoms with van der Waals surface area (Å²) in [5.41, 5.74) is 1.93. The summed E-state index contributed by atoms with van der Waals surface area (Å²) in [5.74, 6) is 0.0637. The fraction of sp³-hybridized carbons (Fsp3) is 0.333. The van der Waals surface area contributed by atoms with Crippen LogP contribution in [0, 0.1) is 0 Å². The van der Waals surface area contributed by atoms with Crippen molar-refractivity contribution in [3.8, 4) is 0 Å². The second kappa shape index (κ2) is 7.18. The third-order valence-electron chi connectivity index (χ3n) is 4.02. The van der Waals surface area contributed by atoms with Gasteiger partial charge in [0.05, 0.1) is 12.6 Å². The molecule has 1 saturated heterocycles. The van der Waals surface area contributed by atoms with Gasteiger partial charge in [0, 0.05) is 31.1 Å². The van der Waals surface area contributed by atoms with Gasteiger partial charge in [0.1, 0.15) is 0 Å². The summed E-state index contributed by atoms with van der Waals surface area (Å²) in [5, 5.41) is 0. The van der Waals surface area contributed by atoms with E-state index in [0.717, 1.165) is 19.4 Å². The summed E-state index contributed by atoms with van der Waals surface area (Å²) in [6, 6.07) is 14.0. The maximum Gasteiger partial charge on any atom is 0.254 e. The van der Waals surface area contributed by atoms with Gasteiger partial charge in [-0.3, -0.25) is 9.78 Å². The first-order valence-corrected chi connectivity index (χ1v) is 7.67. The van der Waals surface area contributed by atoms with Gasteiger partial charge in [0.25, 0.3) is 5.91 Å². The van der Waals surface area contributed by atoms with Crippen molar-refractivity contribution in [1.29, 1.82) is 0 Å². The van der Waals surface area contributed by atoms with Gasteiger partial charge in [-0.25, -0.2) is 0 Å². The number of hydrogen-bond acceptors (Lipinski definition) is 3. The maximum absolute atomic E-state index is 12.8. The van der Waals surface area contributed by atoms with Crippen molar-refractivity contribution in [3.63, 3.8) is 0 Å². The van der Waals surface area contributed by atoms with Gasteiger partial charge in [-0.15, -0.1) is 0 Å². The summed E-state index contributed by atoms with van der Waals surface area (Å²) in [7, 11) is 0. The molecule has 4 heteroatoms. The lowest BCUT2D eigenvalue weighted by atomic mass is 10.1. The Kier molecular flexibility index (Phi) is 4.81. The van der Waals surface area contributed by atoms with Crippen molar-refractivity contribution in [2.75, 3.05) is 19.8 Å². The number of rotatable bonds is 5. The highest BCUT2D eigenvalue weighted by molar-refractivity contribution is 5.94. The van der Waals surface area contributed by atoms with Crippen molar-refractivity contribution in [1.82, 2.24) is 9.88 Å². The van der Waals surface area contributed by atoms with E-state index in [0.29, 0.717) is 18.7 Å². The molecular weight excluding hydrogens is 276 g/mol. The third kappa shape index (κ3) is 3.52. The predicted octanol–water partition coefficient (Wildman–Crippen LogP) is 2.56. The molecule has 1 fully saturated rings. The van der Waals surface area contributed by atoms with Crippen LogP contribution in [0.3, 0.4) is 0 Å². The maximum atomic E-state index is 12.8. The van der Waals surface area contributed by atoms with E-state index in [1.807, 2.05) is 23.1 Å². The number of amides is 1. The lowest BCUT2D eigenvalue weighted by molar-refractivity contribution is 0.0656. The molecule has 1 aliphatic heterocycles. The number of hydrogen-bond donors (Lipinski definition) is 0. The highest BCUT2D eigenvalue weighted by Crippen LogP contribution is 2.17. The number of nitrogens with zero attached hydrogens (tertiary/aromatic N) is 2. The van der Waals surface area contributed by atoms with Crippen molar-refractivity contribution in [2.45, 2.75) is 18.9 Å². The summed E-state index contributed by atoms with van der Waals surface area (Å²) in [6.07, 6.45) is 5.08. The van der Waals surface area contributed by atoms with Crippen molar-refractivity contribution < 1.29 is 9.53 Å². The number of benzene rings is 1. The molecular formula is C18H20N2O2. The molecule has 1 unspecified atom stereocenters. The SMILES string of the molecule is O=C(c1ccncc1)N(CCc1ccccc1)C1CCOC1. The number of carbonyl (C=O) groups is 1. The van der Waals surface area contributed by atoms with Crippen LogP contribution in [-0.4, -0.2) is 41.6 Å². The van der Waals surface area contributed by atoms with E-state index in [1.54, 1.807) is 24.5 Å². The smallest absolute Gasteiger partial charge is 0.254 e. The van der Waals surface area contributed by atoms with Crippen molar-refractivity contribution in [2.24, 2.45) is 0 Å². The molecule has 0 aliphatic carbocycles. The van der Waals surface area contributed by atoms with E-state index in [2.05, 4.69) is 17.1 Å². The minimum Gasteiger partial charge on any atom is -0.379 e. The van der Waals surface area contributed by atoms with Crippen LogP contribution >= 0.6 is 0 Å². The Balaban J connectivity index is 1.73. The van der Waals surface area contributed by atoms with E-state index in [-0.39, 0.29) is 11.9 Å². The van der Waals surface area contributed by atoms with Gasteiger partial charge >= 0.3 is 0 Å². The van der Waals surface area contributed by atoms with E-state index in [1.165, 1.54) is 5.56 Å². The molecule has 0 N–H and O–H groups in total. The molecule has 0 spiro atoms. The molecule has 114 valence electrons. The topological polar surface area (TPSA) is 42.4 Å². The van der Waals surface area contributed by atoms with Gasteiger partial charge in [0.15, 0.2) is 0 Å². The lowest BCUT2D eigenvalue weighted by Gasteiger charge is -2.28. The lowest BCUT2D eigenvalue weighted by Crippen LogP contribution is -2.42. The first-order valence-electron chi connectivity index (χ1n) is 7.67. The minimum absolute atomic E-state index is 0.0637. The van der Waals surface area contributed by atoms with E-state index >= 15 is 0 Å². The normalized spacial score (nSPS) is 17.4. The fourth-order valence-electron chi connectivity index (χ4n) is 2.77. The summed E-state index contributed by atoms with van der Waals surface area (Å²) in [4.78, 5) is 18.7. The molecule has 22 heavy (non-hydrogen) atoms. The Morgan fingerprint density at radius 3 is 2.64 bits per heavy atom. The first kappa shape index (κ1) is 14.7. The quantitative estimate of drug-likeness (QED) is 0.851. The van der Waals surface area contributed by atoms with Crippen LogP contribution in [0.4, 0.5) is 0 Å². The van der Waals surface area contributed by atoms with Crippen LogP contribution in [-0.2, 0) is 11.2 Å². The van der Waals surface area contributed by atoms with Crippen LogP contribution in [0.5, 0.6) is 0 Å². The van der Waals surface area contributed by atoms with E-state index < -0.39 is 0 Å². The van der Waals surface area contributed by atoms with E-state index in [4.69, 9.17) is 4.74 Å². The Labute approximate surface area is 130 Å². The number of aromatic nitrogens is 1. The Morgan fingerprint density at radius 2 is 1.95 bits per heavy atom. The number of carbonyl (C=O) groups excluding carboxylic acids is 1.